The lowest BCUT2D eigenvalue weighted by atomic mass is 10.1. The molecular weight excluding hydrogens is 288 g/mol. The standard InChI is InChI=1S/C16H16O4S/c1-12-6-8-15(9-7-12)21(17,18)20-14-10-13-4-2-3-5-16(13)19-11-14/h2-9,14H,10-11H2,1H3/t14-/m1/s1/i10D/t10-,14+/m0. The topological polar surface area (TPSA) is 52.6 Å². The summed E-state index contributed by atoms with van der Waals surface area (Å²) in [6, 6.07) is 13.5. The molecule has 110 valence electrons. The van der Waals surface area contributed by atoms with Gasteiger partial charge in [0.25, 0.3) is 10.1 Å². The molecule has 0 unspecified atom stereocenters. The van der Waals surface area contributed by atoms with Crippen LogP contribution in [0.25, 0.3) is 0 Å². The van der Waals surface area contributed by atoms with Crippen molar-refractivity contribution in [2.75, 3.05) is 6.61 Å². The van der Waals surface area contributed by atoms with Crippen molar-refractivity contribution in [1.82, 2.24) is 0 Å². The molecule has 0 saturated carbocycles. The van der Waals surface area contributed by atoms with Crippen LogP contribution in [0.3, 0.4) is 0 Å². The predicted octanol–water partition coefficient (Wildman–Crippen LogP) is 2.70. The summed E-state index contributed by atoms with van der Waals surface area (Å²) < 4.78 is 43.6. The van der Waals surface area contributed by atoms with Crippen molar-refractivity contribution in [1.29, 1.82) is 0 Å². The summed E-state index contributed by atoms with van der Waals surface area (Å²) in [6.07, 6.45) is -1.66. The van der Waals surface area contributed by atoms with E-state index in [0.29, 0.717) is 11.3 Å². The van der Waals surface area contributed by atoms with E-state index in [0.717, 1.165) is 5.56 Å². The van der Waals surface area contributed by atoms with E-state index in [4.69, 9.17) is 10.3 Å². The van der Waals surface area contributed by atoms with Gasteiger partial charge in [0.1, 0.15) is 18.5 Å². The van der Waals surface area contributed by atoms with Gasteiger partial charge in [0.15, 0.2) is 0 Å². The highest BCUT2D eigenvalue weighted by Crippen LogP contribution is 2.27. The van der Waals surface area contributed by atoms with Crippen molar-refractivity contribution in [3.63, 3.8) is 0 Å². The highest BCUT2D eigenvalue weighted by molar-refractivity contribution is 7.86. The van der Waals surface area contributed by atoms with Crippen molar-refractivity contribution in [3.05, 3.63) is 59.7 Å². The minimum atomic E-state index is -3.91. The van der Waals surface area contributed by atoms with Gasteiger partial charge in [0, 0.05) is 7.77 Å². The summed E-state index contributed by atoms with van der Waals surface area (Å²) >= 11 is 0. The van der Waals surface area contributed by atoms with Crippen LogP contribution >= 0.6 is 0 Å². The number of rotatable bonds is 3. The number of fused-ring (bicyclic) bond motifs is 1. The SMILES string of the molecule is [2H][C@H]1c2ccccc2OC[C@@H]1OS(=O)(=O)c1ccc(C)cc1. The van der Waals surface area contributed by atoms with Crippen molar-refractivity contribution in [3.8, 4) is 5.75 Å². The Morgan fingerprint density at radius 3 is 2.67 bits per heavy atom. The normalized spacial score (nSPS) is 22.0. The summed E-state index contributed by atoms with van der Waals surface area (Å²) in [5.74, 6) is 0.607. The number of ether oxygens (including phenoxy) is 1. The first-order chi connectivity index (χ1) is 10.5. The zero-order valence-corrected chi connectivity index (χ0v) is 12.3. The molecule has 0 aliphatic carbocycles. The number of hydrogen-bond acceptors (Lipinski definition) is 4. The number of para-hydroxylation sites is 1. The Kier molecular flexibility index (Phi) is 3.37. The van der Waals surface area contributed by atoms with E-state index in [-0.39, 0.29) is 11.5 Å². The number of benzene rings is 2. The third-order valence-corrected chi connectivity index (χ3v) is 4.60. The zero-order chi connectivity index (χ0) is 15.7. The molecule has 3 rings (SSSR count). The van der Waals surface area contributed by atoms with E-state index in [1.807, 2.05) is 13.0 Å². The smallest absolute Gasteiger partial charge is 0.297 e. The molecule has 0 N–H and O–H groups in total. The molecule has 21 heavy (non-hydrogen) atoms. The molecule has 0 spiro atoms. The maximum Gasteiger partial charge on any atom is 0.297 e. The minimum absolute atomic E-state index is 0.0380. The predicted molar refractivity (Wildman–Crippen MR) is 78.9 cm³/mol. The van der Waals surface area contributed by atoms with E-state index < -0.39 is 22.6 Å². The minimum Gasteiger partial charge on any atom is -0.491 e. The Morgan fingerprint density at radius 1 is 1.19 bits per heavy atom. The quantitative estimate of drug-likeness (QED) is 0.818. The van der Waals surface area contributed by atoms with Crippen LogP contribution in [0, 0.1) is 6.92 Å². The fraction of sp³-hybridized carbons (Fsp3) is 0.250. The fourth-order valence-electron chi connectivity index (χ4n) is 2.15. The van der Waals surface area contributed by atoms with Crippen LogP contribution in [0.15, 0.2) is 53.4 Å². The number of hydrogen-bond donors (Lipinski definition) is 0. The molecular formula is C16H16O4S. The van der Waals surface area contributed by atoms with Gasteiger partial charge in [-0.2, -0.15) is 8.42 Å². The first-order valence-corrected chi connectivity index (χ1v) is 8.02. The molecule has 2 aromatic carbocycles. The summed E-state index contributed by atoms with van der Waals surface area (Å²) in [5.41, 5.74) is 1.60. The zero-order valence-electron chi connectivity index (χ0n) is 12.5. The van der Waals surface area contributed by atoms with E-state index in [1.54, 1.807) is 30.3 Å². The Labute approximate surface area is 125 Å². The lowest BCUT2D eigenvalue weighted by Crippen LogP contribution is -2.31. The lowest BCUT2D eigenvalue weighted by molar-refractivity contribution is 0.118. The molecule has 1 aliphatic heterocycles. The molecule has 0 aromatic heterocycles. The second-order valence-electron chi connectivity index (χ2n) is 4.92. The Balaban J connectivity index is 1.83. The first kappa shape index (κ1) is 12.9. The first-order valence-electron chi connectivity index (χ1n) is 7.19. The van der Waals surface area contributed by atoms with Gasteiger partial charge in [0.05, 0.1) is 4.90 Å². The molecule has 1 heterocycles. The van der Waals surface area contributed by atoms with Gasteiger partial charge < -0.3 is 4.74 Å². The van der Waals surface area contributed by atoms with Gasteiger partial charge in [-0.05, 0) is 30.7 Å². The molecule has 1 aliphatic rings. The van der Waals surface area contributed by atoms with Crippen molar-refractivity contribution in [2.45, 2.75) is 24.3 Å². The van der Waals surface area contributed by atoms with Gasteiger partial charge in [-0.15, -0.1) is 0 Å². The molecule has 0 amide bonds. The highest BCUT2D eigenvalue weighted by Gasteiger charge is 2.26. The van der Waals surface area contributed by atoms with Gasteiger partial charge in [-0.1, -0.05) is 35.9 Å². The third kappa shape index (κ3) is 3.09. The van der Waals surface area contributed by atoms with Crippen LogP contribution in [-0.2, 0) is 20.7 Å². The maximum atomic E-state index is 12.3. The summed E-state index contributed by atoms with van der Waals surface area (Å²) in [4.78, 5) is 0.0872. The van der Waals surface area contributed by atoms with Crippen molar-refractivity contribution in [2.24, 2.45) is 0 Å². The average molecular weight is 305 g/mol. The molecule has 2 atom stereocenters. The molecule has 4 nitrogen and oxygen atoms in total. The molecule has 2 aromatic rings. The monoisotopic (exact) mass is 305 g/mol. The van der Waals surface area contributed by atoms with Gasteiger partial charge in [0.2, 0.25) is 0 Å². The van der Waals surface area contributed by atoms with Crippen LogP contribution in [-0.4, -0.2) is 21.1 Å². The van der Waals surface area contributed by atoms with Gasteiger partial charge in [-0.25, -0.2) is 0 Å². The lowest BCUT2D eigenvalue weighted by Gasteiger charge is -2.24. The van der Waals surface area contributed by atoms with Crippen molar-refractivity contribution < 1.29 is 18.7 Å². The van der Waals surface area contributed by atoms with Crippen LogP contribution < -0.4 is 4.74 Å². The second kappa shape index (κ2) is 5.50. The Hall–Kier alpha value is -1.85. The second-order valence-corrected chi connectivity index (χ2v) is 6.49. The Morgan fingerprint density at radius 2 is 1.90 bits per heavy atom. The molecule has 0 saturated heterocycles. The van der Waals surface area contributed by atoms with Gasteiger partial charge >= 0.3 is 0 Å². The van der Waals surface area contributed by atoms with E-state index in [2.05, 4.69) is 0 Å². The van der Waals surface area contributed by atoms with Gasteiger partial charge in [-0.3, -0.25) is 4.18 Å². The molecule has 5 heteroatoms. The van der Waals surface area contributed by atoms with E-state index in [1.165, 1.54) is 12.1 Å². The largest absolute Gasteiger partial charge is 0.491 e. The molecule has 0 fully saturated rings. The number of aryl methyl sites for hydroxylation is 1. The fourth-order valence-corrected chi connectivity index (χ4v) is 3.17. The Bertz CT molecular complexity index is 771. The van der Waals surface area contributed by atoms with Crippen LogP contribution in [0.5, 0.6) is 5.75 Å². The van der Waals surface area contributed by atoms with E-state index in [9.17, 15) is 8.42 Å². The average Bonchev–Trinajstić information content (AvgIpc) is 2.51. The summed E-state index contributed by atoms with van der Waals surface area (Å²) in [7, 11) is -3.91. The molecule has 0 radical (unpaired) electrons. The van der Waals surface area contributed by atoms with Crippen LogP contribution in [0.4, 0.5) is 0 Å². The highest BCUT2D eigenvalue weighted by atomic mass is 32.2. The van der Waals surface area contributed by atoms with Crippen LogP contribution in [0.2, 0.25) is 0 Å². The third-order valence-electron chi connectivity index (χ3n) is 3.25. The molecule has 0 bridgehead atoms. The maximum absolute atomic E-state index is 12.3. The van der Waals surface area contributed by atoms with E-state index >= 15 is 0 Å². The summed E-state index contributed by atoms with van der Waals surface area (Å²) in [6.45, 7) is 1.92. The summed E-state index contributed by atoms with van der Waals surface area (Å²) in [5, 5.41) is 0. The van der Waals surface area contributed by atoms with Crippen LogP contribution in [0.1, 0.15) is 12.5 Å². The van der Waals surface area contributed by atoms with Crippen molar-refractivity contribution >= 4 is 10.1 Å².